The topological polar surface area (TPSA) is 50.8 Å². The van der Waals surface area contributed by atoms with Gasteiger partial charge >= 0.3 is 5.97 Å². The third-order valence-corrected chi connectivity index (χ3v) is 2.90. The molecule has 1 aromatic carbocycles. The smallest absolute Gasteiger partial charge is 0.341 e. The van der Waals surface area contributed by atoms with Crippen molar-refractivity contribution in [2.75, 3.05) is 33.8 Å². The van der Waals surface area contributed by atoms with Crippen LogP contribution in [-0.4, -0.2) is 50.6 Å². The SMILES string of the molecule is CN(C)C1(OC(=O)c2ccccc2)CNCCO1. The predicted molar refractivity (Wildman–Crippen MR) is 67.1 cm³/mol. The van der Waals surface area contributed by atoms with E-state index in [2.05, 4.69) is 5.32 Å². The molecular formula is C13H18N2O3. The third kappa shape index (κ3) is 2.69. The second-order valence-corrected chi connectivity index (χ2v) is 4.39. The summed E-state index contributed by atoms with van der Waals surface area (Å²) in [6.45, 7) is 1.73. The number of rotatable bonds is 3. The van der Waals surface area contributed by atoms with E-state index in [1.165, 1.54) is 0 Å². The number of nitrogens with one attached hydrogen (secondary N) is 1. The van der Waals surface area contributed by atoms with Gasteiger partial charge in [-0.15, -0.1) is 0 Å². The van der Waals surface area contributed by atoms with Gasteiger partial charge in [-0.05, 0) is 26.2 Å². The molecule has 5 nitrogen and oxygen atoms in total. The lowest BCUT2D eigenvalue weighted by Gasteiger charge is -2.41. The average molecular weight is 250 g/mol. The maximum absolute atomic E-state index is 12.1. The molecule has 0 aromatic heterocycles. The largest absolute Gasteiger partial charge is 0.413 e. The molecule has 1 unspecified atom stereocenters. The van der Waals surface area contributed by atoms with Crippen LogP contribution in [0.3, 0.4) is 0 Å². The molecule has 0 amide bonds. The molecule has 1 fully saturated rings. The van der Waals surface area contributed by atoms with E-state index in [-0.39, 0.29) is 5.97 Å². The lowest BCUT2D eigenvalue weighted by Crippen LogP contribution is -2.60. The van der Waals surface area contributed by atoms with Crippen molar-refractivity contribution in [3.63, 3.8) is 0 Å². The fraction of sp³-hybridized carbons (Fsp3) is 0.462. The molecule has 98 valence electrons. The van der Waals surface area contributed by atoms with Gasteiger partial charge in [0, 0.05) is 6.54 Å². The summed E-state index contributed by atoms with van der Waals surface area (Å²) in [6, 6.07) is 8.92. The van der Waals surface area contributed by atoms with Crippen LogP contribution in [0.5, 0.6) is 0 Å². The van der Waals surface area contributed by atoms with Crippen molar-refractivity contribution >= 4 is 5.97 Å². The Balaban J connectivity index is 2.12. The highest BCUT2D eigenvalue weighted by Crippen LogP contribution is 2.20. The highest BCUT2D eigenvalue weighted by atomic mass is 16.7. The van der Waals surface area contributed by atoms with Gasteiger partial charge < -0.3 is 14.8 Å². The summed E-state index contributed by atoms with van der Waals surface area (Å²) in [4.78, 5) is 13.8. The second-order valence-electron chi connectivity index (χ2n) is 4.39. The first-order chi connectivity index (χ1) is 8.64. The monoisotopic (exact) mass is 250 g/mol. The number of nitrogens with zero attached hydrogens (tertiary/aromatic N) is 1. The Morgan fingerprint density at radius 3 is 2.67 bits per heavy atom. The summed E-state index contributed by atoms with van der Waals surface area (Å²) >= 11 is 0. The summed E-state index contributed by atoms with van der Waals surface area (Å²) < 4.78 is 11.2. The molecule has 1 aliphatic heterocycles. The fourth-order valence-electron chi connectivity index (χ4n) is 1.80. The zero-order valence-corrected chi connectivity index (χ0v) is 10.7. The molecule has 0 bridgehead atoms. The molecule has 0 spiro atoms. The lowest BCUT2D eigenvalue weighted by atomic mass is 10.2. The minimum Gasteiger partial charge on any atom is -0.413 e. The molecule has 1 aliphatic rings. The zero-order valence-electron chi connectivity index (χ0n) is 10.7. The number of morpholine rings is 1. The second kappa shape index (κ2) is 5.48. The number of carbonyl (C=O) groups excluding carboxylic acids is 1. The van der Waals surface area contributed by atoms with E-state index in [0.717, 1.165) is 6.54 Å². The van der Waals surface area contributed by atoms with Crippen molar-refractivity contribution in [2.45, 2.75) is 5.91 Å². The van der Waals surface area contributed by atoms with Crippen LogP contribution in [0, 0.1) is 0 Å². The fourth-order valence-corrected chi connectivity index (χ4v) is 1.80. The van der Waals surface area contributed by atoms with Crippen molar-refractivity contribution in [3.05, 3.63) is 35.9 Å². The Labute approximate surface area is 107 Å². The normalized spacial score (nSPS) is 23.9. The average Bonchev–Trinajstić information content (AvgIpc) is 2.40. The van der Waals surface area contributed by atoms with Crippen molar-refractivity contribution < 1.29 is 14.3 Å². The molecule has 18 heavy (non-hydrogen) atoms. The quantitative estimate of drug-likeness (QED) is 0.631. The first-order valence-corrected chi connectivity index (χ1v) is 5.94. The minimum atomic E-state index is -1.02. The van der Waals surface area contributed by atoms with Crippen molar-refractivity contribution in [2.24, 2.45) is 0 Å². The first kappa shape index (κ1) is 13.0. The molecule has 1 aromatic rings. The maximum atomic E-state index is 12.1. The van der Waals surface area contributed by atoms with Gasteiger partial charge in [-0.1, -0.05) is 18.2 Å². The molecule has 1 heterocycles. The van der Waals surface area contributed by atoms with Crippen LogP contribution in [0.25, 0.3) is 0 Å². The Hall–Kier alpha value is -1.43. The lowest BCUT2D eigenvalue weighted by molar-refractivity contribution is -0.284. The van der Waals surface area contributed by atoms with Crippen LogP contribution in [-0.2, 0) is 9.47 Å². The van der Waals surface area contributed by atoms with E-state index >= 15 is 0 Å². The summed E-state index contributed by atoms with van der Waals surface area (Å²) in [5.41, 5.74) is 0.521. The number of hydrogen-bond acceptors (Lipinski definition) is 5. The van der Waals surface area contributed by atoms with Gasteiger partial charge in [0.15, 0.2) is 0 Å². The summed E-state index contributed by atoms with van der Waals surface area (Å²) in [5, 5.41) is 3.17. The number of likely N-dealkylation sites (N-methyl/N-ethyl adjacent to an activating group) is 1. The van der Waals surface area contributed by atoms with E-state index in [9.17, 15) is 4.79 Å². The van der Waals surface area contributed by atoms with E-state index in [0.29, 0.717) is 18.7 Å². The molecule has 0 saturated carbocycles. The maximum Gasteiger partial charge on any atom is 0.341 e. The summed E-state index contributed by atoms with van der Waals surface area (Å²) in [6.07, 6.45) is 0. The number of benzene rings is 1. The molecule has 5 heteroatoms. The Morgan fingerprint density at radius 2 is 2.11 bits per heavy atom. The minimum absolute atomic E-state index is 0.381. The number of esters is 1. The third-order valence-electron chi connectivity index (χ3n) is 2.90. The Morgan fingerprint density at radius 1 is 1.39 bits per heavy atom. The van der Waals surface area contributed by atoms with Gasteiger partial charge in [-0.3, -0.25) is 0 Å². The summed E-state index contributed by atoms with van der Waals surface area (Å²) in [7, 11) is 3.65. The standard InChI is InChI=1S/C13H18N2O3/c1-15(2)13(10-14-8-9-17-13)18-12(16)11-6-4-3-5-7-11/h3-7,14H,8-10H2,1-2H3. The van der Waals surface area contributed by atoms with Crippen molar-refractivity contribution in [3.8, 4) is 0 Å². The van der Waals surface area contributed by atoms with Gasteiger partial charge in [0.25, 0.3) is 5.91 Å². The van der Waals surface area contributed by atoms with Crippen molar-refractivity contribution in [1.29, 1.82) is 0 Å². The van der Waals surface area contributed by atoms with E-state index in [4.69, 9.17) is 9.47 Å². The summed E-state index contributed by atoms with van der Waals surface area (Å²) in [5.74, 6) is -1.40. The van der Waals surface area contributed by atoms with Crippen LogP contribution in [0.4, 0.5) is 0 Å². The Bertz CT molecular complexity index is 400. The van der Waals surface area contributed by atoms with Gasteiger partial charge in [0.1, 0.15) is 0 Å². The highest BCUT2D eigenvalue weighted by molar-refractivity contribution is 5.89. The number of hydrogen-bond donors (Lipinski definition) is 1. The predicted octanol–water partition coefficient (Wildman–Crippen LogP) is 0.679. The molecule has 0 radical (unpaired) electrons. The van der Waals surface area contributed by atoms with Crippen LogP contribution in [0.2, 0.25) is 0 Å². The molecular weight excluding hydrogens is 232 g/mol. The highest BCUT2D eigenvalue weighted by Gasteiger charge is 2.40. The van der Waals surface area contributed by atoms with Crippen LogP contribution in [0.15, 0.2) is 30.3 Å². The zero-order chi connectivity index (χ0) is 13.0. The van der Waals surface area contributed by atoms with Gasteiger partial charge in [-0.25, -0.2) is 9.69 Å². The first-order valence-electron chi connectivity index (χ1n) is 5.94. The van der Waals surface area contributed by atoms with E-state index in [1.54, 1.807) is 29.2 Å². The van der Waals surface area contributed by atoms with Crippen LogP contribution >= 0.6 is 0 Å². The molecule has 0 aliphatic carbocycles. The van der Waals surface area contributed by atoms with Gasteiger partial charge in [0.2, 0.25) is 0 Å². The molecule has 1 saturated heterocycles. The Kier molecular flexibility index (Phi) is 3.96. The van der Waals surface area contributed by atoms with Crippen molar-refractivity contribution in [1.82, 2.24) is 10.2 Å². The van der Waals surface area contributed by atoms with E-state index < -0.39 is 5.91 Å². The molecule has 1 atom stereocenters. The van der Waals surface area contributed by atoms with Crippen LogP contribution in [0.1, 0.15) is 10.4 Å². The molecule has 2 rings (SSSR count). The van der Waals surface area contributed by atoms with Crippen LogP contribution < -0.4 is 5.32 Å². The van der Waals surface area contributed by atoms with Gasteiger partial charge in [-0.2, -0.15) is 0 Å². The van der Waals surface area contributed by atoms with Gasteiger partial charge in [0.05, 0.1) is 18.7 Å². The number of ether oxygens (including phenoxy) is 2. The number of carbonyl (C=O) groups is 1. The van der Waals surface area contributed by atoms with E-state index in [1.807, 2.05) is 20.2 Å². The molecule has 1 N–H and O–H groups in total.